The van der Waals surface area contributed by atoms with Gasteiger partial charge in [-0.15, -0.1) is 0 Å². The van der Waals surface area contributed by atoms with Crippen LogP contribution in [0.1, 0.15) is 18.4 Å². The highest BCUT2D eigenvalue weighted by atomic mass is 16.5. The van der Waals surface area contributed by atoms with Crippen LogP contribution in [-0.4, -0.2) is 35.9 Å². The summed E-state index contributed by atoms with van der Waals surface area (Å²) in [7, 11) is 0. The molecule has 6 nitrogen and oxygen atoms in total. The standard InChI is InChI=1S/C20H19NO5/c1-2-24-20(23)16(19-21-17-5-3-4-6-18(17)26-19)13-14-7-9-15(10-8-14)25-12-11-22/h3-10,13,22H,2,11-12H2,1H3/b16-13-. The number of nitrogens with zero attached hydrogens (tertiary/aromatic N) is 1. The molecule has 0 atom stereocenters. The van der Waals surface area contributed by atoms with Crippen molar-refractivity contribution in [2.45, 2.75) is 6.92 Å². The fraction of sp³-hybridized carbons (Fsp3) is 0.200. The lowest BCUT2D eigenvalue weighted by Crippen LogP contribution is -2.07. The van der Waals surface area contributed by atoms with Crippen molar-refractivity contribution in [3.05, 3.63) is 60.0 Å². The molecule has 0 aliphatic heterocycles. The van der Waals surface area contributed by atoms with E-state index in [-0.39, 0.29) is 31.3 Å². The number of oxazole rings is 1. The second kappa shape index (κ2) is 8.31. The highest BCUT2D eigenvalue weighted by Gasteiger charge is 2.19. The van der Waals surface area contributed by atoms with Crippen LogP contribution in [0.5, 0.6) is 5.75 Å². The molecule has 3 aromatic rings. The van der Waals surface area contributed by atoms with E-state index in [0.29, 0.717) is 16.8 Å². The van der Waals surface area contributed by atoms with Crippen LogP contribution in [0.15, 0.2) is 52.9 Å². The first-order chi connectivity index (χ1) is 12.7. The molecule has 6 heteroatoms. The van der Waals surface area contributed by atoms with Gasteiger partial charge in [0, 0.05) is 0 Å². The lowest BCUT2D eigenvalue weighted by Gasteiger charge is -2.06. The molecule has 1 aromatic heterocycles. The molecule has 0 radical (unpaired) electrons. The quantitative estimate of drug-likeness (QED) is 0.518. The van der Waals surface area contributed by atoms with Gasteiger partial charge in [-0.1, -0.05) is 24.3 Å². The normalized spacial score (nSPS) is 11.5. The molecule has 1 N–H and O–H groups in total. The van der Waals surface area contributed by atoms with E-state index in [1.807, 2.05) is 18.2 Å². The Morgan fingerprint density at radius 1 is 1.19 bits per heavy atom. The van der Waals surface area contributed by atoms with Gasteiger partial charge in [-0.05, 0) is 42.8 Å². The van der Waals surface area contributed by atoms with Gasteiger partial charge in [0.05, 0.1) is 13.2 Å². The van der Waals surface area contributed by atoms with E-state index in [2.05, 4.69) is 4.98 Å². The van der Waals surface area contributed by atoms with Crippen molar-refractivity contribution in [3.63, 3.8) is 0 Å². The molecular weight excluding hydrogens is 334 g/mol. The lowest BCUT2D eigenvalue weighted by molar-refractivity contribution is -0.136. The van der Waals surface area contributed by atoms with Crippen LogP contribution in [0.3, 0.4) is 0 Å². The summed E-state index contributed by atoms with van der Waals surface area (Å²) in [4.78, 5) is 16.8. The van der Waals surface area contributed by atoms with Gasteiger partial charge < -0.3 is 19.0 Å². The van der Waals surface area contributed by atoms with Gasteiger partial charge >= 0.3 is 5.97 Å². The van der Waals surface area contributed by atoms with Crippen LogP contribution in [-0.2, 0) is 9.53 Å². The summed E-state index contributed by atoms with van der Waals surface area (Å²) in [6, 6.07) is 14.4. The third-order valence-corrected chi connectivity index (χ3v) is 3.57. The van der Waals surface area contributed by atoms with Crippen molar-refractivity contribution in [1.82, 2.24) is 4.98 Å². The molecule has 0 aliphatic rings. The molecular formula is C20H19NO5. The summed E-state index contributed by atoms with van der Waals surface area (Å²) in [6.07, 6.45) is 1.67. The fourth-order valence-electron chi connectivity index (χ4n) is 2.39. The largest absolute Gasteiger partial charge is 0.491 e. The number of benzene rings is 2. The van der Waals surface area contributed by atoms with Crippen molar-refractivity contribution in [1.29, 1.82) is 0 Å². The SMILES string of the molecule is CCOC(=O)/C(=C\c1ccc(OCCO)cc1)c1nc2ccccc2o1. The molecule has 26 heavy (non-hydrogen) atoms. The van der Waals surface area contributed by atoms with Gasteiger partial charge in [-0.3, -0.25) is 0 Å². The van der Waals surface area contributed by atoms with Gasteiger partial charge in [-0.2, -0.15) is 0 Å². The predicted octanol–water partition coefficient (Wildman–Crippen LogP) is 3.30. The molecule has 0 saturated heterocycles. The zero-order chi connectivity index (χ0) is 18.4. The minimum atomic E-state index is -0.500. The summed E-state index contributed by atoms with van der Waals surface area (Å²) in [6.45, 7) is 2.18. The Kier molecular flexibility index (Phi) is 5.66. The number of ether oxygens (including phenoxy) is 2. The number of esters is 1. The van der Waals surface area contributed by atoms with E-state index < -0.39 is 5.97 Å². The summed E-state index contributed by atoms with van der Waals surface area (Å²) < 4.78 is 16.2. The molecule has 134 valence electrons. The third kappa shape index (κ3) is 4.10. The minimum absolute atomic E-state index is 0.0492. The van der Waals surface area contributed by atoms with Gasteiger partial charge in [0.2, 0.25) is 5.89 Å². The second-order valence-corrected chi connectivity index (χ2v) is 5.41. The average molecular weight is 353 g/mol. The van der Waals surface area contributed by atoms with E-state index in [9.17, 15) is 4.79 Å². The van der Waals surface area contributed by atoms with Crippen LogP contribution >= 0.6 is 0 Å². The lowest BCUT2D eigenvalue weighted by atomic mass is 10.1. The average Bonchev–Trinajstić information content (AvgIpc) is 3.09. The first-order valence-electron chi connectivity index (χ1n) is 8.29. The molecule has 0 bridgehead atoms. The van der Waals surface area contributed by atoms with Crippen molar-refractivity contribution < 1.29 is 23.8 Å². The molecule has 0 unspecified atom stereocenters. The van der Waals surface area contributed by atoms with Gasteiger partial charge in [0.15, 0.2) is 5.58 Å². The maximum Gasteiger partial charge on any atom is 0.343 e. The highest BCUT2D eigenvalue weighted by Crippen LogP contribution is 2.24. The summed E-state index contributed by atoms with van der Waals surface area (Å²) in [5.74, 6) is 0.348. The Bertz CT molecular complexity index is 878. The summed E-state index contributed by atoms with van der Waals surface area (Å²) in [5, 5.41) is 8.80. The van der Waals surface area contributed by atoms with Gasteiger partial charge in [0.1, 0.15) is 23.4 Å². The maximum absolute atomic E-state index is 12.4. The van der Waals surface area contributed by atoms with E-state index in [1.165, 1.54) is 0 Å². The summed E-state index contributed by atoms with van der Waals surface area (Å²) in [5.41, 5.74) is 2.29. The molecule has 0 fully saturated rings. The Balaban J connectivity index is 1.95. The van der Waals surface area contributed by atoms with Crippen LogP contribution in [0, 0.1) is 0 Å². The molecule has 0 saturated carbocycles. The summed E-state index contributed by atoms with van der Waals surface area (Å²) >= 11 is 0. The maximum atomic E-state index is 12.4. The van der Waals surface area contributed by atoms with E-state index >= 15 is 0 Å². The number of carbonyl (C=O) groups excluding carboxylic acids is 1. The van der Waals surface area contributed by atoms with Crippen molar-refractivity contribution in [2.75, 3.05) is 19.8 Å². The highest BCUT2D eigenvalue weighted by molar-refractivity contribution is 6.20. The van der Waals surface area contributed by atoms with Crippen molar-refractivity contribution in [3.8, 4) is 5.75 Å². The zero-order valence-electron chi connectivity index (χ0n) is 14.3. The van der Waals surface area contributed by atoms with Crippen LogP contribution in [0.2, 0.25) is 0 Å². The molecule has 3 rings (SSSR count). The number of hydrogen-bond donors (Lipinski definition) is 1. The Labute approximate surface area is 150 Å². The second-order valence-electron chi connectivity index (χ2n) is 5.41. The first-order valence-corrected chi connectivity index (χ1v) is 8.29. The smallest absolute Gasteiger partial charge is 0.343 e. The monoisotopic (exact) mass is 353 g/mol. The van der Waals surface area contributed by atoms with Crippen molar-refractivity contribution in [2.24, 2.45) is 0 Å². The van der Waals surface area contributed by atoms with E-state index in [4.69, 9.17) is 19.0 Å². The zero-order valence-corrected chi connectivity index (χ0v) is 14.3. The third-order valence-electron chi connectivity index (χ3n) is 3.57. The Morgan fingerprint density at radius 3 is 2.65 bits per heavy atom. The van der Waals surface area contributed by atoms with Crippen LogP contribution < -0.4 is 4.74 Å². The molecule has 0 spiro atoms. The Hall–Kier alpha value is -3.12. The van der Waals surface area contributed by atoms with Crippen LogP contribution in [0.4, 0.5) is 0 Å². The van der Waals surface area contributed by atoms with E-state index in [0.717, 1.165) is 5.56 Å². The van der Waals surface area contributed by atoms with Crippen LogP contribution in [0.25, 0.3) is 22.7 Å². The number of fused-ring (bicyclic) bond motifs is 1. The number of hydrogen-bond acceptors (Lipinski definition) is 6. The molecule has 0 amide bonds. The number of aliphatic hydroxyl groups is 1. The van der Waals surface area contributed by atoms with Gasteiger partial charge in [-0.25, -0.2) is 9.78 Å². The van der Waals surface area contributed by atoms with Gasteiger partial charge in [0.25, 0.3) is 0 Å². The first kappa shape index (κ1) is 17.7. The number of carbonyl (C=O) groups is 1. The Morgan fingerprint density at radius 2 is 1.96 bits per heavy atom. The predicted molar refractivity (Wildman–Crippen MR) is 97.5 cm³/mol. The molecule has 0 aliphatic carbocycles. The minimum Gasteiger partial charge on any atom is -0.491 e. The fourth-order valence-corrected chi connectivity index (χ4v) is 2.39. The number of rotatable bonds is 7. The molecule has 2 aromatic carbocycles. The number of aromatic nitrogens is 1. The topological polar surface area (TPSA) is 81.8 Å². The van der Waals surface area contributed by atoms with Crippen molar-refractivity contribution >= 4 is 28.7 Å². The van der Waals surface area contributed by atoms with E-state index in [1.54, 1.807) is 43.3 Å². The number of aliphatic hydroxyl groups excluding tert-OH is 1. The number of para-hydroxylation sites is 2. The molecule has 1 heterocycles.